The largest absolute Gasteiger partial charge is 0.310 e. The number of rotatable bonds is 3. The Morgan fingerprint density at radius 1 is 0.480 bits per heavy atom. The van der Waals surface area contributed by atoms with Crippen molar-refractivity contribution >= 4 is 22.9 Å². The van der Waals surface area contributed by atoms with E-state index in [0.29, 0.717) is 23.3 Å². The van der Waals surface area contributed by atoms with E-state index in [9.17, 15) is 19.4 Å². The van der Waals surface area contributed by atoms with Crippen molar-refractivity contribution in [1.82, 2.24) is 0 Å². The van der Waals surface area contributed by atoms with Crippen LogP contribution < -0.4 is 0 Å². The third-order valence-corrected chi connectivity index (χ3v) is 5.18. The van der Waals surface area contributed by atoms with Gasteiger partial charge in [0.05, 0.1) is 0 Å². The highest BCUT2D eigenvalue weighted by Crippen LogP contribution is 3.02. The molecule has 0 bridgehead atoms. The van der Waals surface area contributed by atoms with Crippen LogP contribution in [0.1, 0.15) is 0 Å². The minimum absolute atomic E-state index is 0.427. The predicted molar refractivity (Wildman–Crippen MR) is 96.0 cm³/mol. The lowest BCUT2D eigenvalue weighted by Gasteiger charge is -2.40. The van der Waals surface area contributed by atoms with Gasteiger partial charge in [-0.1, -0.05) is 68.0 Å². The van der Waals surface area contributed by atoms with Crippen molar-refractivity contribution in [2.24, 2.45) is 0 Å². The van der Waals surface area contributed by atoms with Crippen LogP contribution in [0, 0.1) is 0 Å². The van der Waals surface area contributed by atoms with Gasteiger partial charge in [-0.3, -0.25) is 0 Å². The van der Waals surface area contributed by atoms with Gasteiger partial charge in [-0.05, 0) is 46.5 Å². The Kier molecular flexibility index (Phi) is 3.74. The van der Waals surface area contributed by atoms with Crippen LogP contribution in [0.5, 0.6) is 0 Å². The first-order valence-corrected chi connectivity index (χ1v) is 9.56. The molecule has 0 spiro atoms. The monoisotopic (exact) mass is 388 g/mol. The van der Waals surface area contributed by atoms with Crippen LogP contribution in [-0.4, -0.2) is 0 Å². The van der Waals surface area contributed by atoms with Crippen LogP contribution in [0.15, 0.2) is 82.6 Å². The quantitative estimate of drug-likeness (QED) is 0.341. The van der Waals surface area contributed by atoms with Crippen LogP contribution >= 0.6 is 22.9 Å². The van der Waals surface area contributed by atoms with E-state index in [2.05, 4.69) is 12.6 Å². The Morgan fingerprint density at radius 3 is 1.08 bits per heavy atom. The maximum absolute atomic E-state index is 12.7. The smallest absolute Gasteiger partial charge is 0.143 e. The molecule has 0 atom stereocenters. The first-order valence-electron chi connectivity index (χ1n) is 7.16. The third kappa shape index (κ3) is 4.16. The van der Waals surface area contributed by atoms with Crippen LogP contribution in [-0.2, 0) is 0 Å². The molecule has 3 aromatic carbocycles. The molecule has 132 valence electrons. The fourth-order valence-corrected chi connectivity index (χ4v) is 3.21. The molecule has 0 amide bonds. The molecule has 3 aromatic rings. The van der Waals surface area contributed by atoms with Gasteiger partial charge in [0.25, 0.3) is 0 Å². The van der Waals surface area contributed by atoms with E-state index in [0.717, 1.165) is 28.2 Å². The zero-order valence-corrected chi connectivity index (χ0v) is 14.4. The average molecular weight is 388 g/mol. The topological polar surface area (TPSA) is 0 Å². The lowest BCUT2D eigenvalue weighted by atomic mass is 10.0. The van der Waals surface area contributed by atoms with E-state index >= 15 is 0 Å². The lowest BCUT2D eigenvalue weighted by molar-refractivity contribution is 0.364. The molecular weight excluding hydrogens is 375 g/mol. The number of halogens is 5. The first-order chi connectivity index (χ1) is 11.4. The molecule has 0 aliphatic carbocycles. The highest BCUT2D eigenvalue weighted by Gasteiger charge is 2.65. The SMILES string of the molecule is FS(F)(F)(F)(F)c1ccc(-c2ccc(-c3ccc(S)cc3)cc2)cc1. The Balaban J connectivity index is 1.89. The van der Waals surface area contributed by atoms with Crippen molar-refractivity contribution in [2.45, 2.75) is 9.79 Å². The second-order valence-electron chi connectivity index (χ2n) is 5.62. The van der Waals surface area contributed by atoms with Crippen molar-refractivity contribution in [3.63, 3.8) is 0 Å². The summed E-state index contributed by atoms with van der Waals surface area (Å²) < 4.78 is 63.7. The first kappa shape index (κ1) is 17.8. The Bertz CT molecular complexity index is 898. The van der Waals surface area contributed by atoms with Crippen LogP contribution in [0.25, 0.3) is 22.3 Å². The zero-order valence-electron chi connectivity index (χ0n) is 12.7. The molecule has 0 saturated heterocycles. The average Bonchev–Trinajstić information content (AvgIpc) is 2.54. The summed E-state index contributed by atoms with van der Waals surface area (Å²) >= 11 is 4.22. The van der Waals surface area contributed by atoms with Crippen molar-refractivity contribution in [1.29, 1.82) is 0 Å². The van der Waals surface area contributed by atoms with Crippen LogP contribution in [0.2, 0.25) is 0 Å². The Labute approximate surface area is 147 Å². The van der Waals surface area contributed by atoms with Gasteiger partial charge < -0.3 is 0 Å². The second-order valence-corrected chi connectivity index (χ2v) is 8.54. The van der Waals surface area contributed by atoms with Gasteiger partial charge >= 0.3 is 10.2 Å². The fraction of sp³-hybridized carbons (Fsp3) is 0. The van der Waals surface area contributed by atoms with Gasteiger partial charge in [0, 0.05) is 4.90 Å². The number of thiol groups is 1. The molecule has 0 aromatic heterocycles. The molecule has 0 unspecified atom stereocenters. The highest BCUT2D eigenvalue weighted by molar-refractivity contribution is 8.45. The Morgan fingerprint density at radius 2 is 0.760 bits per heavy atom. The van der Waals surface area contributed by atoms with Gasteiger partial charge in [0.15, 0.2) is 0 Å². The highest BCUT2D eigenvalue weighted by atomic mass is 32.5. The normalized spacial score (nSPS) is 14.6. The molecule has 7 heteroatoms. The van der Waals surface area contributed by atoms with Crippen LogP contribution in [0.4, 0.5) is 19.4 Å². The summed E-state index contributed by atoms with van der Waals surface area (Å²) in [6, 6.07) is 17.6. The van der Waals surface area contributed by atoms with Crippen molar-refractivity contribution in [3.05, 3.63) is 72.8 Å². The molecule has 0 N–H and O–H groups in total. The molecule has 0 aliphatic rings. The van der Waals surface area contributed by atoms with Crippen molar-refractivity contribution in [2.75, 3.05) is 0 Å². The van der Waals surface area contributed by atoms with E-state index in [1.807, 2.05) is 36.4 Å². The van der Waals surface area contributed by atoms with Crippen LogP contribution in [0.3, 0.4) is 0 Å². The summed E-state index contributed by atoms with van der Waals surface area (Å²) in [5, 5.41) is 0. The standard InChI is InChI=1S/C18H13F5S2/c19-25(20,21,22,23)18-11-7-16(8-12-18)14-3-1-13(2-4-14)15-5-9-17(24)10-6-15/h1-12,24H. The summed E-state index contributed by atoms with van der Waals surface area (Å²) in [4.78, 5) is -1.04. The molecule has 0 radical (unpaired) electrons. The Hall–Kier alpha value is -1.99. The van der Waals surface area contributed by atoms with Crippen molar-refractivity contribution in [3.8, 4) is 22.3 Å². The van der Waals surface area contributed by atoms with Gasteiger partial charge in [-0.25, -0.2) is 0 Å². The fourth-order valence-electron chi connectivity index (χ4n) is 2.41. The van der Waals surface area contributed by atoms with Gasteiger partial charge in [-0.15, -0.1) is 12.6 Å². The van der Waals surface area contributed by atoms with E-state index < -0.39 is 15.1 Å². The molecule has 0 nitrogen and oxygen atoms in total. The molecule has 25 heavy (non-hydrogen) atoms. The summed E-state index contributed by atoms with van der Waals surface area (Å²) in [6.07, 6.45) is 0. The lowest BCUT2D eigenvalue weighted by Crippen LogP contribution is -2.05. The third-order valence-electron chi connectivity index (χ3n) is 3.72. The van der Waals surface area contributed by atoms with Gasteiger partial charge in [-0.2, -0.15) is 0 Å². The zero-order chi connectivity index (χ0) is 18.4. The summed E-state index contributed by atoms with van der Waals surface area (Å²) in [7, 11) is -9.63. The van der Waals surface area contributed by atoms with Gasteiger partial charge in [0.1, 0.15) is 4.90 Å². The molecule has 0 heterocycles. The number of hydrogen-bond donors (Lipinski definition) is 1. The second kappa shape index (κ2) is 5.25. The minimum Gasteiger partial charge on any atom is -0.143 e. The molecule has 0 aliphatic heterocycles. The van der Waals surface area contributed by atoms with Crippen molar-refractivity contribution < 1.29 is 19.4 Å². The van der Waals surface area contributed by atoms with E-state index in [4.69, 9.17) is 0 Å². The number of benzene rings is 3. The predicted octanol–water partition coefficient (Wildman–Crippen LogP) is 7.97. The molecule has 0 saturated carbocycles. The summed E-state index contributed by atoms with van der Waals surface area (Å²) in [6.45, 7) is 0. The minimum atomic E-state index is -9.63. The maximum atomic E-state index is 12.7. The molecule has 0 fully saturated rings. The molecular formula is C18H13F5S2. The molecule has 3 rings (SSSR count). The maximum Gasteiger partial charge on any atom is 0.310 e. The van der Waals surface area contributed by atoms with E-state index in [1.165, 1.54) is 0 Å². The van der Waals surface area contributed by atoms with E-state index in [1.54, 1.807) is 12.1 Å². The van der Waals surface area contributed by atoms with Gasteiger partial charge in [0.2, 0.25) is 0 Å². The summed E-state index contributed by atoms with van der Waals surface area (Å²) in [5.74, 6) is 0. The summed E-state index contributed by atoms with van der Waals surface area (Å²) in [5.41, 5.74) is 2.98. The number of hydrogen-bond acceptors (Lipinski definition) is 1. The van der Waals surface area contributed by atoms with E-state index in [-0.39, 0.29) is 0 Å².